The highest BCUT2D eigenvalue weighted by Crippen LogP contribution is 2.14. The summed E-state index contributed by atoms with van der Waals surface area (Å²) in [5, 5.41) is 18.4. The Morgan fingerprint density at radius 2 is 1.09 bits per heavy atom. The van der Waals surface area contributed by atoms with Crippen molar-refractivity contribution in [3.63, 3.8) is 0 Å². The van der Waals surface area contributed by atoms with Crippen molar-refractivity contribution in [3.8, 4) is 0 Å². The fraction of sp³-hybridized carbons (Fsp3) is 0.950. The Morgan fingerprint density at radius 3 is 1.52 bits per heavy atom. The van der Waals surface area contributed by atoms with Gasteiger partial charge in [-0.3, -0.25) is 4.79 Å². The third-order valence-corrected chi connectivity index (χ3v) is 4.57. The summed E-state index contributed by atoms with van der Waals surface area (Å²) in [4.78, 5) is 10.4. The highest BCUT2D eigenvalue weighted by atomic mass is 16.4. The third-order valence-electron chi connectivity index (χ3n) is 4.57. The zero-order valence-electron chi connectivity index (χ0n) is 15.4. The van der Waals surface area contributed by atoms with Crippen molar-refractivity contribution in [2.24, 2.45) is 0 Å². The summed E-state index contributed by atoms with van der Waals surface area (Å²) in [6, 6.07) is 0. The van der Waals surface area contributed by atoms with E-state index >= 15 is 0 Å². The molecule has 0 fully saturated rings. The molecule has 0 aliphatic carbocycles. The number of rotatable bonds is 18. The molecule has 0 bridgehead atoms. The minimum absolute atomic E-state index is 0.182. The van der Waals surface area contributed by atoms with Crippen LogP contribution in [0, 0.1) is 0 Å². The summed E-state index contributed by atoms with van der Waals surface area (Å²) in [7, 11) is 0. The van der Waals surface area contributed by atoms with Crippen molar-refractivity contribution in [2.75, 3.05) is 0 Å². The van der Waals surface area contributed by atoms with Crippen LogP contribution in [0.2, 0.25) is 0 Å². The smallest absolute Gasteiger partial charge is 0.303 e. The van der Waals surface area contributed by atoms with E-state index in [1.165, 1.54) is 64.2 Å². The van der Waals surface area contributed by atoms with Gasteiger partial charge in [0.15, 0.2) is 0 Å². The number of unbranched alkanes of at least 4 members (excludes halogenated alkanes) is 12. The summed E-state index contributed by atoms with van der Waals surface area (Å²) in [6.07, 6.45) is 19.2. The molecule has 0 radical (unpaired) electrons. The number of aliphatic carboxylic acids is 1. The predicted molar refractivity (Wildman–Crippen MR) is 97.8 cm³/mol. The van der Waals surface area contributed by atoms with Crippen molar-refractivity contribution in [1.29, 1.82) is 0 Å². The molecule has 0 heterocycles. The van der Waals surface area contributed by atoms with Crippen molar-refractivity contribution in [1.82, 2.24) is 0 Å². The maximum absolute atomic E-state index is 10.4. The van der Waals surface area contributed by atoms with Crippen LogP contribution in [0.15, 0.2) is 0 Å². The fourth-order valence-corrected chi connectivity index (χ4v) is 3.02. The molecule has 23 heavy (non-hydrogen) atoms. The quantitative estimate of drug-likeness (QED) is 0.300. The molecular weight excluding hydrogens is 288 g/mol. The van der Waals surface area contributed by atoms with E-state index in [1.807, 2.05) is 0 Å². The Kier molecular flexibility index (Phi) is 17.3. The molecule has 0 amide bonds. The second-order valence-electron chi connectivity index (χ2n) is 6.97. The molecule has 2 N–H and O–H groups in total. The SMILES string of the molecule is CCCCCCCCCCCCCC(O)CCCCCC(=O)O. The van der Waals surface area contributed by atoms with Gasteiger partial charge in [0.2, 0.25) is 0 Å². The van der Waals surface area contributed by atoms with Crippen molar-refractivity contribution in [2.45, 2.75) is 122 Å². The molecule has 1 atom stereocenters. The molecule has 0 aliphatic heterocycles. The number of carbonyl (C=O) groups is 1. The summed E-state index contributed by atoms with van der Waals surface area (Å²) in [5.41, 5.74) is 0. The zero-order valence-corrected chi connectivity index (χ0v) is 15.4. The summed E-state index contributed by atoms with van der Waals surface area (Å²) < 4.78 is 0. The summed E-state index contributed by atoms with van der Waals surface area (Å²) >= 11 is 0. The normalized spacial score (nSPS) is 12.4. The van der Waals surface area contributed by atoms with E-state index in [-0.39, 0.29) is 12.5 Å². The number of aliphatic hydroxyl groups excluding tert-OH is 1. The molecule has 1 unspecified atom stereocenters. The number of hydrogen-bond acceptors (Lipinski definition) is 2. The first-order valence-electron chi connectivity index (χ1n) is 10.1. The van der Waals surface area contributed by atoms with Gasteiger partial charge >= 0.3 is 5.97 Å². The van der Waals surface area contributed by atoms with Crippen LogP contribution in [-0.4, -0.2) is 22.3 Å². The number of aliphatic hydroxyl groups is 1. The van der Waals surface area contributed by atoms with Gasteiger partial charge in [0.1, 0.15) is 0 Å². The van der Waals surface area contributed by atoms with E-state index in [4.69, 9.17) is 5.11 Å². The molecular formula is C20H40O3. The highest BCUT2D eigenvalue weighted by molar-refractivity contribution is 5.66. The number of hydrogen-bond donors (Lipinski definition) is 2. The second-order valence-corrected chi connectivity index (χ2v) is 6.97. The van der Waals surface area contributed by atoms with Crippen LogP contribution < -0.4 is 0 Å². The van der Waals surface area contributed by atoms with Crippen LogP contribution >= 0.6 is 0 Å². The van der Waals surface area contributed by atoms with Gasteiger partial charge in [-0.2, -0.15) is 0 Å². The van der Waals surface area contributed by atoms with Gasteiger partial charge in [-0.05, 0) is 19.3 Å². The van der Waals surface area contributed by atoms with E-state index in [9.17, 15) is 9.90 Å². The second kappa shape index (κ2) is 17.8. The first-order chi connectivity index (χ1) is 11.2. The fourth-order valence-electron chi connectivity index (χ4n) is 3.02. The average molecular weight is 329 g/mol. The van der Waals surface area contributed by atoms with Crippen molar-refractivity contribution in [3.05, 3.63) is 0 Å². The molecule has 0 aromatic rings. The van der Waals surface area contributed by atoms with Gasteiger partial charge in [-0.15, -0.1) is 0 Å². The van der Waals surface area contributed by atoms with E-state index < -0.39 is 5.97 Å². The predicted octanol–water partition coefficient (Wildman–Crippen LogP) is 6.08. The lowest BCUT2D eigenvalue weighted by atomic mass is 10.0. The molecule has 0 spiro atoms. The van der Waals surface area contributed by atoms with E-state index in [0.29, 0.717) is 0 Å². The largest absolute Gasteiger partial charge is 0.481 e. The van der Waals surface area contributed by atoms with Crippen LogP contribution in [0.25, 0.3) is 0 Å². The van der Waals surface area contributed by atoms with Crippen molar-refractivity contribution < 1.29 is 15.0 Å². The zero-order chi connectivity index (χ0) is 17.2. The third kappa shape index (κ3) is 19.4. The summed E-state index contributed by atoms with van der Waals surface area (Å²) in [6.45, 7) is 2.26. The van der Waals surface area contributed by atoms with Crippen LogP contribution in [0.1, 0.15) is 116 Å². The minimum Gasteiger partial charge on any atom is -0.481 e. The molecule has 0 rings (SSSR count). The topological polar surface area (TPSA) is 57.5 Å². The lowest BCUT2D eigenvalue weighted by Crippen LogP contribution is -2.06. The molecule has 3 nitrogen and oxygen atoms in total. The molecule has 0 aromatic carbocycles. The van der Waals surface area contributed by atoms with E-state index in [0.717, 1.165) is 38.5 Å². The minimum atomic E-state index is -0.716. The van der Waals surface area contributed by atoms with Crippen LogP contribution in [0.4, 0.5) is 0 Å². The molecule has 0 aliphatic rings. The Balaban J connectivity index is 3.14. The van der Waals surface area contributed by atoms with E-state index in [2.05, 4.69) is 6.92 Å². The standard InChI is InChI=1S/C20H40O3/c1-2-3-4-5-6-7-8-9-10-11-13-16-19(21)17-14-12-15-18-20(22)23/h19,21H,2-18H2,1H3,(H,22,23). The number of carboxylic acid groups (broad SMARTS) is 1. The van der Waals surface area contributed by atoms with Gasteiger partial charge in [-0.1, -0.05) is 90.4 Å². The molecule has 3 heteroatoms. The maximum Gasteiger partial charge on any atom is 0.303 e. The Labute approximate surface area is 143 Å². The number of carboxylic acids is 1. The van der Waals surface area contributed by atoms with Crippen LogP contribution in [-0.2, 0) is 4.79 Å². The Bertz CT molecular complexity index is 253. The average Bonchev–Trinajstić information content (AvgIpc) is 2.52. The lowest BCUT2D eigenvalue weighted by Gasteiger charge is -2.10. The van der Waals surface area contributed by atoms with E-state index in [1.54, 1.807) is 0 Å². The molecule has 138 valence electrons. The molecule has 0 aromatic heterocycles. The first kappa shape index (κ1) is 22.4. The monoisotopic (exact) mass is 328 g/mol. The highest BCUT2D eigenvalue weighted by Gasteiger charge is 2.04. The van der Waals surface area contributed by atoms with Gasteiger partial charge < -0.3 is 10.2 Å². The first-order valence-corrected chi connectivity index (χ1v) is 10.1. The van der Waals surface area contributed by atoms with Crippen molar-refractivity contribution >= 4 is 5.97 Å². The van der Waals surface area contributed by atoms with Gasteiger partial charge in [-0.25, -0.2) is 0 Å². The molecule has 0 saturated carbocycles. The maximum atomic E-state index is 10.4. The van der Waals surface area contributed by atoms with Gasteiger partial charge in [0.05, 0.1) is 6.10 Å². The van der Waals surface area contributed by atoms with Crippen LogP contribution in [0.5, 0.6) is 0 Å². The Morgan fingerprint density at radius 1 is 0.696 bits per heavy atom. The van der Waals surface area contributed by atoms with Gasteiger partial charge in [0.25, 0.3) is 0 Å². The lowest BCUT2D eigenvalue weighted by molar-refractivity contribution is -0.137. The summed E-state index contributed by atoms with van der Waals surface area (Å²) in [5.74, 6) is -0.716. The van der Waals surface area contributed by atoms with Crippen LogP contribution in [0.3, 0.4) is 0 Å². The van der Waals surface area contributed by atoms with Gasteiger partial charge in [0, 0.05) is 6.42 Å². The Hall–Kier alpha value is -0.570. The molecule has 0 saturated heterocycles.